The first kappa shape index (κ1) is 13.9. The summed E-state index contributed by atoms with van der Waals surface area (Å²) in [6.45, 7) is 2.42. The van der Waals surface area contributed by atoms with Crippen LogP contribution >= 0.6 is 0 Å². The van der Waals surface area contributed by atoms with Gasteiger partial charge in [0.2, 0.25) is 11.9 Å². The molecule has 2 rings (SSSR count). The molecule has 0 fully saturated rings. The molecule has 0 aliphatic carbocycles. The summed E-state index contributed by atoms with van der Waals surface area (Å²) in [6.07, 6.45) is 1.36. The van der Waals surface area contributed by atoms with Crippen LogP contribution in [-0.2, 0) is 0 Å². The first-order chi connectivity index (χ1) is 9.67. The van der Waals surface area contributed by atoms with Crippen LogP contribution in [0.15, 0.2) is 30.6 Å². The van der Waals surface area contributed by atoms with Gasteiger partial charge >= 0.3 is 0 Å². The first-order valence-corrected chi connectivity index (χ1v) is 6.15. The van der Waals surface area contributed by atoms with Crippen molar-refractivity contribution in [3.05, 3.63) is 30.6 Å². The highest BCUT2D eigenvalue weighted by atomic mass is 16.5. The summed E-state index contributed by atoms with van der Waals surface area (Å²) in [5, 5.41) is 3.08. The Hall–Kier alpha value is -2.57. The molecule has 2 aromatic rings. The van der Waals surface area contributed by atoms with E-state index in [9.17, 15) is 0 Å². The Bertz CT molecular complexity index is 564. The van der Waals surface area contributed by atoms with Crippen LogP contribution in [0.4, 0.5) is 11.9 Å². The molecule has 0 bridgehead atoms. The molecule has 0 aliphatic rings. The minimum Gasteiger partial charge on any atom is -0.497 e. The zero-order valence-electron chi connectivity index (χ0n) is 11.4. The minimum atomic E-state index is 0.0167. The van der Waals surface area contributed by atoms with Crippen LogP contribution in [0.25, 0.3) is 0 Å². The molecular formula is C13H17N5O2. The SMILES string of the molecule is COc1cccc(OCC(C)Nc2ncnc(N)n2)c1. The second-order valence-corrected chi connectivity index (χ2v) is 4.20. The van der Waals surface area contributed by atoms with Gasteiger partial charge in [0.15, 0.2) is 0 Å². The van der Waals surface area contributed by atoms with Crippen LogP contribution in [0.2, 0.25) is 0 Å². The van der Waals surface area contributed by atoms with Crippen molar-refractivity contribution in [2.45, 2.75) is 13.0 Å². The van der Waals surface area contributed by atoms with E-state index in [1.165, 1.54) is 6.33 Å². The van der Waals surface area contributed by atoms with Gasteiger partial charge in [0.25, 0.3) is 0 Å². The van der Waals surface area contributed by atoms with Gasteiger partial charge in [0, 0.05) is 6.07 Å². The molecule has 7 heteroatoms. The lowest BCUT2D eigenvalue weighted by atomic mass is 10.3. The summed E-state index contributed by atoms with van der Waals surface area (Å²) in [4.78, 5) is 11.7. The van der Waals surface area contributed by atoms with E-state index in [1.807, 2.05) is 31.2 Å². The fourth-order valence-electron chi connectivity index (χ4n) is 1.55. The Labute approximate surface area is 117 Å². The Balaban J connectivity index is 1.87. The number of aromatic nitrogens is 3. The zero-order chi connectivity index (χ0) is 14.4. The lowest BCUT2D eigenvalue weighted by molar-refractivity contribution is 0.301. The van der Waals surface area contributed by atoms with Crippen LogP contribution < -0.4 is 20.5 Å². The highest BCUT2D eigenvalue weighted by Crippen LogP contribution is 2.19. The van der Waals surface area contributed by atoms with Crippen molar-refractivity contribution in [3.8, 4) is 11.5 Å². The van der Waals surface area contributed by atoms with Gasteiger partial charge in [0.1, 0.15) is 24.4 Å². The fourth-order valence-corrected chi connectivity index (χ4v) is 1.55. The van der Waals surface area contributed by atoms with E-state index in [2.05, 4.69) is 20.3 Å². The minimum absolute atomic E-state index is 0.0167. The van der Waals surface area contributed by atoms with Crippen molar-refractivity contribution in [1.82, 2.24) is 15.0 Å². The highest BCUT2D eigenvalue weighted by Gasteiger charge is 2.06. The molecule has 3 N–H and O–H groups in total. The second-order valence-electron chi connectivity index (χ2n) is 4.20. The average Bonchev–Trinajstić information content (AvgIpc) is 2.45. The quantitative estimate of drug-likeness (QED) is 0.821. The summed E-state index contributed by atoms with van der Waals surface area (Å²) >= 11 is 0. The van der Waals surface area contributed by atoms with E-state index in [4.69, 9.17) is 15.2 Å². The molecular weight excluding hydrogens is 258 g/mol. The van der Waals surface area contributed by atoms with Gasteiger partial charge in [-0.2, -0.15) is 4.98 Å². The van der Waals surface area contributed by atoms with Gasteiger partial charge in [-0.05, 0) is 19.1 Å². The number of ether oxygens (including phenoxy) is 2. The number of nitrogen functional groups attached to an aromatic ring is 1. The summed E-state index contributed by atoms with van der Waals surface area (Å²) < 4.78 is 10.8. The molecule has 0 spiro atoms. The van der Waals surface area contributed by atoms with Gasteiger partial charge in [-0.3, -0.25) is 0 Å². The molecule has 7 nitrogen and oxygen atoms in total. The predicted octanol–water partition coefficient (Wildman–Crippen LogP) is 1.34. The topological polar surface area (TPSA) is 95.2 Å². The molecule has 1 heterocycles. The average molecular weight is 275 g/mol. The molecule has 1 unspecified atom stereocenters. The Morgan fingerprint density at radius 3 is 2.85 bits per heavy atom. The van der Waals surface area contributed by atoms with Gasteiger partial charge < -0.3 is 20.5 Å². The largest absolute Gasteiger partial charge is 0.497 e. The van der Waals surface area contributed by atoms with Crippen molar-refractivity contribution >= 4 is 11.9 Å². The van der Waals surface area contributed by atoms with Gasteiger partial charge in [-0.1, -0.05) is 6.07 Å². The lowest BCUT2D eigenvalue weighted by Gasteiger charge is -2.15. The van der Waals surface area contributed by atoms with E-state index < -0.39 is 0 Å². The van der Waals surface area contributed by atoms with E-state index in [1.54, 1.807) is 7.11 Å². The van der Waals surface area contributed by atoms with Crippen LogP contribution in [0, 0.1) is 0 Å². The normalized spacial score (nSPS) is 11.7. The van der Waals surface area contributed by atoms with Crippen LogP contribution in [0.5, 0.6) is 11.5 Å². The lowest BCUT2D eigenvalue weighted by Crippen LogP contribution is -2.24. The monoisotopic (exact) mass is 275 g/mol. The Morgan fingerprint density at radius 1 is 1.30 bits per heavy atom. The predicted molar refractivity (Wildman–Crippen MR) is 75.8 cm³/mol. The molecule has 1 aromatic heterocycles. The van der Waals surface area contributed by atoms with Crippen molar-refractivity contribution in [2.24, 2.45) is 0 Å². The van der Waals surface area contributed by atoms with Gasteiger partial charge in [-0.15, -0.1) is 0 Å². The number of nitrogens with zero attached hydrogens (tertiary/aromatic N) is 3. The maximum atomic E-state index is 5.67. The van der Waals surface area contributed by atoms with Gasteiger partial charge in [-0.25, -0.2) is 9.97 Å². The van der Waals surface area contributed by atoms with E-state index >= 15 is 0 Å². The number of nitrogens with two attached hydrogens (primary N) is 1. The van der Waals surface area contributed by atoms with E-state index in [-0.39, 0.29) is 12.0 Å². The molecule has 0 saturated heterocycles. The standard InChI is InChI=1S/C13H17N5O2/c1-9(17-13-16-8-15-12(14)18-13)7-20-11-5-3-4-10(6-11)19-2/h3-6,8-9H,7H2,1-2H3,(H3,14,15,16,17,18). The van der Waals surface area contributed by atoms with Crippen molar-refractivity contribution < 1.29 is 9.47 Å². The summed E-state index contributed by atoms with van der Waals surface area (Å²) in [7, 11) is 1.62. The molecule has 20 heavy (non-hydrogen) atoms. The smallest absolute Gasteiger partial charge is 0.227 e. The van der Waals surface area contributed by atoms with Crippen LogP contribution in [0.1, 0.15) is 6.92 Å². The maximum absolute atomic E-state index is 5.67. The molecule has 0 radical (unpaired) electrons. The highest BCUT2D eigenvalue weighted by molar-refractivity contribution is 5.33. The van der Waals surface area contributed by atoms with E-state index in [0.717, 1.165) is 11.5 Å². The molecule has 1 aromatic carbocycles. The van der Waals surface area contributed by atoms with E-state index in [0.29, 0.717) is 12.6 Å². The molecule has 106 valence electrons. The van der Waals surface area contributed by atoms with Crippen LogP contribution in [-0.4, -0.2) is 34.7 Å². The third-order valence-electron chi connectivity index (χ3n) is 2.51. The number of nitrogens with one attached hydrogen (secondary N) is 1. The molecule has 0 aliphatic heterocycles. The molecule has 0 amide bonds. The number of anilines is 2. The summed E-state index contributed by atoms with van der Waals surface area (Å²) in [5.41, 5.74) is 5.48. The Morgan fingerprint density at radius 2 is 2.10 bits per heavy atom. The molecule has 0 saturated carbocycles. The van der Waals surface area contributed by atoms with Crippen molar-refractivity contribution in [2.75, 3.05) is 24.8 Å². The molecule has 1 atom stereocenters. The summed E-state index contributed by atoms with van der Waals surface area (Å²) in [5.74, 6) is 2.11. The van der Waals surface area contributed by atoms with Gasteiger partial charge in [0.05, 0.1) is 13.2 Å². The third kappa shape index (κ3) is 3.98. The number of hydrogen-bond acceptors (Lipinski definition) is 7. The maximum Gasteiger partial charge on any atom is 0.227 e. The number of hydrogen-bond donors (Lipinski definition) is 2. The van der Waals surface area contributed by atoms with Crippen molar-refractivity contribution in [3.63, 3.8) is 0 Å². The number of benzene rings is 1. The van der Waals surface area contributed by atoms with Crippen LogP contribution in [0.3, 0.4) is 0 Å². The first-order valence-electron chi connectivity index (χ1n) is 6.15. The second kappa shape index (κ2) is 6.55. The number of methoxy groups -OCH3 is 1. The summed E-state index contributed by atoms with van der Waals surface area (Å²) in [6, 6.07) is 7.45. The third-order valence-corrected chi connectivity index (χ3v) is 2.51. The zero-order valence-corrected chi connectivity index (χ0v) is 11.4. The fraction of sp³-hybridized carbons (Fsp3) is 0.308. The number of rotatable bonds is 6. The van der Waals surface area contributed by atoms with Crippen molar-refractivity contribution in [1.29, 1.82) is 0 Å². The Kier molecular flexibility index (Phi) is 4.54.